The molecule has 3 rings (SSSR count). The van der Waals surface area contributed by atoms with Gasteiger partial charge in [-0.05, 0) is 48.4 Å². The Morgan fingerprint density at radius 1 is 1.10 bits per heavy atom. The third-order valence-corrected chi connectivity index (χ3v) is 5.07. The molecule has 0 spiro atoms. The number of rotatable bonds is 7. The largest absolute Gasteiger partial charge is 0.493 e. The Hall–Kier alpha value is -2.66. The lowest BCUT2D eigenvalue weighted by atomic mass is 10.1. The lowest BCUT2D eigenvalue weighted by molar-refractivity contribution is -0.126. The van der Waals surface area contributed by atoms with Crippen LogP contribution in [-0.2, 0) is 4.79 Å². The Morgan fingerprint density at radius 2 is 1.90 bits per heavy atom. The van der Waals surface area contributed by atoms with E-state index in [1.165, 1.54) is 0 Å². The van der Waals surface area contributed by atoms with Crippen molar-refractivity contribution in [2.24, 2.45) is 0 Å². The molecule has 2 aromatic rings. The molecule has 0 unspecified atom stereocenters. The minimum atomic E-state index is 0.0148. The lowest BCUT2D eigenvalue weighted by Gasteiger charge is -2.35. The van der Waals surface area contributed by atoms with Crippen LogP contribution >= 0.6 is 11.6 Å². The molecule has 0 N–H and O–H groups in total. The van der Waals surface area contributed by atoms with Crippen molar-refractivity contribution in [3.8, 4) is 11.5 Å². The van der Waals surface area contributed by atoms with Gasteiger partial charge in [0.2, 0.25) is 5.91 Å². The van der Waals surface area contributed by atoms with Gasteiger partial charge < -0.3 is 19.3 Å². The Balaban J connectivity index is 1.57. The van der Waals surface area contributed by atoms with Gasteiger partial charge in [-0.1, -0.05) is 30.7 Å². The molecule has 1 amide bonds. The van der Waals surface area contributed by atoms with Gasteiger partial charge in [0.25, 0.3) is 0 Å². The minimum absolute atomic E-state index is 0.0148. The molecule has 0 radical (unpaired) electrons. The number of ether oxygens (including phenoxy) is 2. The molecule has 6 heteroatoms. The van der Waals surface area contributed by atoms with E-state index >= 15 is 0 Å². The lowest BCUT2D eigenvalue weighted by Crippen LogP contribution is -2.48. The van der Waals surface area contributed by atoms with Crippen molar-refractivity contribution in [2.75, 3.05) is 44.8 Å². The Morgan fingerprint density at radius 3 is 2.59 bits per heavy atom. The van der Waals surface area contributed by atoms with Gasteiger partial charge in [-0.3, -0.25) is 4.79 Å². The van der Waals surface area contributed by atoms with E-state index in [0.29, 0.717) is 25.4 Å². The number of amides is 1. The molecule has 1 saturated heterocycles. The zero-order valence-corrected chi connectivity index (χ0v) is 17.7. The maximum Gasteiger partial charge on any atom is 0.246 e. The predicted molar refractivity (Wildman–Crippen MR) is 118 cm³/mol. The van der Waals surface area contributed by atoms with Gasteiger partial charge in [-0.15, -0.1) is 0 Å². The molecular formula is C23H27ClN2O3. The second-order valence-corrected chi connectivity index (χ2v) is 7.32. The highest BCUT2D eigenvalue weighted by Gasteiger charge is 2.20. The molecule has 154 valence electrons. The van der Waals surface area contributed by atoms with Crippen LogP contribution < -0.4 is 14.4 Å². The van der Waals surface area contributed by atoms with E-state index < -0.39 is 0 Å². The second kappa shape index (κ2) is 10.2. The fourth-order valence-corrected chi connectivity index (χ4v) is 3.43. The summed E-state index contributed by atoms with van der Waals surface area (Å²) in [7, 11) is 1.62. The van der Waals surface area contributed by atoms with Gasteiger partial charge in [-0.25, -0.2) is 0 Å². The highest BCUT2D eigenvalue weighted by atomic mass is 35.5. The first-order valence-corrected chi connectivity index (χ1v) is 10.3. The number of nitrogens with zero attached hydrogens (tertiary/aromatic N) is 2. The van der Waals surface area contributed by atoms with Gasteiger partial charge in [0.15, 0.2) is 11.5 Å². The second-order valence-electron chi connectivity index (χ2n) is 6.88. The Labute approximate surface area is 177 Å². The number of benzene rings is 2. The summed E-state index contributed by atoms with van der Waals surface area (Å²) in [6.07, 6.45) is 4.37. The third kappa shape index (κ3) is 5.67. The molecule has 5 nitrogen and oxygen atoms in total. The van der Waals surface area contributed by atoms with Gasteiger partial charge in [-0.2, -0.15) is 0 Å². The smallest absolute Gasteiger partial charge is 0.246 e. The summed E-state index contributed by atoms with van der Waals surface area (Å²) in [5.41, 5.74) is 1.99. The van der Waals surface area contributed by atoms with Crippen LogP contribution in [0, 0.1) is 0 Å². The van der Waals surface area contributed by atoms with Crippen LogP contribution in [0.1, 0.15) is 18.9 Å². The summed E-state index contributed by atoms with van der Waals surface area (Å²) < 4.78 is 11.1. The topological polar surface area (TPSA) is 42.0 Å². The summed E-state index contributed by atoms with van der Waals surface area (Å²) in [6.45, 7) is 5.65. The Bertz CT molecular complexity index is 861. The summed E-state index contributed by atoms with van der Waals surface area (Å²) >= 11 is 6.08. The molecule has 0 bridgehead atoms. The van der Waals surface area contributed by atoms with Crippen molar-refractivity contribution < 1.29 is 14.3 Å². The van der Waals surface area contributed by atoms with E-state index in [9.17, 15) is 4.79 Å². The summed E-state index contributed by atoms with van der Waals surface area (Å²) in [4.78, 5) is 16.7. The van der Waals surface area contributed by atoms with Crippen molar-refractivity contribution in [3.63, 3.8) is 0 Å². The fourth-order valence-electron chi connectivity index (χ4n) is 3.25. The zero-order valence-electron chi connectivity index (χ0n) is 16.9. The fraction of sp³-hybridized carbons (Fsp3) is 0.348. The van der Waals surface area contributed by atoms with E-state index in [-0.39, 0.29) is 5.91 Å². The van der Waals surface area contributed by atoms with Crippen molar-refractivity contribution in [3.05, 3.63) is 59.1 Å². The minimum Gasteiger partial charge on any atom is -0.493 e. The maximum atomic E-state index is 12.6. The van der Waals surface area contributed by atoms with E-state index in [4.69, 9.17) is 21.1 Å². The number of halogens is 1. The van der Waals surface area contributed by atoms with Crippen LogP contribution in [0.2, 0.25) is 5.02 Å². The standard InChI is InChI=1S/C23H27ClN2O3/c1-3-15-29-21-9-7-18(16-22(21)28-2)8-10-23(27)26-13-11-25(12-14-26)20-6-4-5-19(24)17-20/h4-10,16-17H,3,11-15H2,1-2H3/b10-8+. The van der Waals surface area contributed by atoms with Crippen molar-refractivity contribution >= 4 is 29.3 Å². The van der Waals surface area contributed by atoms with E-state index in [2.05, 4.69) is 11.8 Å². The highest BCUT2D eigenvalue weighted by Crippen LogP contribution is 2.28. The summed E-state index contributed by atoms with van der Waals surface area (Å²) in [5, 5.41) is 0.727. The third-order valence-electron chi connectivity index (χ3n) is 4.83. The van der Waals surface area contributed by atoms with Crippen LogP contribution in [-0.4, -0.2) is 50.7 Å². The Kier molecular flexibility index (Phi) is 7.42. The molecule has 0 aromatic heterocycles. The van der Waals surface area contributed by atoms with Crippen LogP contribution in [0.4, 0.5) is 5.69 Å². The van der Waals surface area contributed by atoms with Crippen molar-refractivity contribution in [2.45, 2.75) is 13.3 Å². The predicted octanol–water partition coefficient (Wildman–Crippen LogP) is 4.50. The number of methoxy groups -OCH3 is 1. The molecule has 0 atom stereocenters. The summed E-state index contributed by atoms with van der Waals surface area (Å²) in [5.74, 6) is 1.40. The number of anilines is 1. The number of hydrogen-bond donors (Lipinski definition) is 0. The number of carbonyl (C=O) groups is 1. The number of carbonyl (C=O) groups excluding carboxylic acids is 1. The SMILES string of the molecule is CCCOc1ccc(/C=C/C(=O)N2CCN(c3cccc(Cl)c3)CC2)cc1OC. The molecule has 1 aliphatic heterocycles. The first-order chi connectivity index (χ1) is 14.1. The van der Waals surface area contributed by atoms with Crippen LogP contribution in [0.3, 0.4) is 0 Å². The van der Waals surface area contributed by atoms with Gasteiger partial charge >= 0.3 is 0 Å². The monoisotopic (exact) mass is 414 g/mol. The van der Waals surface area contributed by atoms with Crippen molar-refractivity contribution in [1.82, 2.24) is 4.90 Å². The normalized spacial score (nSPS) is 14.3. The van der Waals surface area contributed by atoms with Crippen molar-refractivity contribution in [1.29, 1.82) is 0 Å². The van der Waals surface area contributed by atoms with Crippen LogP contribution in [0.15, 0.2) is 48.5 Å². The quantitative estimate of drug-likeness (QED) is 0.625. The maximum absolute atomic E-state index is 12.6. The van der Waals surface area contributed by atoms with Gasteiger partial charge in [0.1, 0.15) is 0 Å². The average molecular weight is 415 g/mol. The van der Waals surface area contributed by atoms with E-state index in [0.717, 1.165) is 41.5 Å². The number of hydrogen-bond acceptors (Lipinski definition) is 4. The van der Waals surface area contributed by atoms with Gasteiger partial charge in [0, 0.05) is 43.0 Å². The van der Waals surface area contributed by atoms with Gasteiger partial charge in [0.05, 0.1) is 13.7 Å². The van der Waals surface area contributed by atoms with Crippen LogP contribution in [0.25, 0.3) is 6.08 Å². The zero-order chi connectivity index (χ0) is 20.6. The molecule has 0 aliphatic carbocycles. The summed E-state index contributed by atoms with van der Waals surface area (Å²) in [6, 6.07) is 13.5. The first kappa shape index (κ1) is 21.1. The number of piperazine rings is 1. The average Bonchev–Trinajstić information content (AvgIpc) is 2.76. The first-order valence-electron chi connectivity index (χ1n) is 9.89. The molecule has 29 heavy (non-hydrogen) atoms. The molecule has 1 heterocycles. The molecule has 2 aromatic carbocycles. The highest BCUT2D eigenvalue weighted by molar-refractivity contribution is 6.30. The molecule has 1 fully saturated rings. The molecule has 0 saturated carbocycles. The molecule has 1 aliphatic rings. The van der Waals surface area contributed by atoms with E-state index in [1.54, 1.807) is 13.2 Å². The van der Waals surface area contributed by atoms with E-state index in [1.807, 2.05) is 53.4 Å². The molecular weight excluding hydrogens is 388 g/mol. The van der Waals surface area contributed by atoms with Crippen LogP contribution in [0.5, 0.6) is 11.5 Å².